The first-order chi connectivity index (χ1) is 7.26. The van der Waals surface area contributed by atoms with E-state index < -0.39 is 24.1 Å². The van der Waals surface area contributed by atoms with Crippen LogP contribution < -0.4 is 0 Å². The van der Waals surface area contributed by atoms with Gasteiger partial charge in [-0.05, 0) is 24.8 Å². The lowest BCUT2D eigenvalue weighted by molar-refractivity contribution is -0.148. The lowest BCUT2D eigenvalue weighted by Gasteiger charge is -2.26. The van der Waals surface area contributed by atoms with Crippen LogP contribution in [0, 0.1) is 5.41 Å². The second kappa shape index (κ2) is 4.61. The maximum Gasteiger partial charge on any atom is 0.401 e. The summed E-state index contributed by atoms with van der Waals surface area (Å²) < 4.78 is 36.6. The van der Waals surface area contributed by atoms with E-state index in [1.165, 1.54) is 4.90 Å². The Labute approximate surface area is 92.2 Å². The molecule has 1 saturated carbocycles. The van der Waals surface area contributed by atoms with E-state index in [-0.39, 0.29) is 13.0 Å². The number of carboxylic acid groups (broad SMARTS) is 1. The van der Waals surface area contributed by atoms with Crippen molar-refractivity contribution in [2.24, 2.45) is 5.41 Å². The van der Waals surface area contributed by atoms with E-state index >= 15 is 0 Å². The summed E-state index contributed by atoms with van der Waals surface area (Å²) in [5.41, 5.74) is -0.410. The molecule has 0 aromatic carbocycles. The summed E-state index contributed by atoms with van der Waals surface area (Å²) in [7, 11) is 0. The number of hydrogen-bond donors (Lipinski definition) is 1. The minimum Gasteiger partial charge on any atom is -0.481 e. The molecule has 0 spiro atoms. The van der Waals surface area contributed by atoms with Gasteiger partial charge in [-0.25, -0.2) is 0 Å². The lowest BCUT2D eigenvalue weighted by atomic mass is 10.0. The van der Waals surface area contributed by atoms with Crippen molar-refractivity contribution in [3.8, 4) is 0 Å². The molecule has 0 bridgehead atoms. The third-order valence-corrected chi connectivity index (χ3v) is 2.89. The summed E-state index contributed by atoms with van der Waals surface area (Å²) in [6.07, 6.45) is -2.81. The summed E-state index contributed by atoms with van der Waals surface area (Å²) in [5.74, 6) is -0.930. The van der Waals surface area contributed by atoms with Gasteiger partial charge in [-0.2, -0.15) is 13.2 Å². The number of carboxylic acids is 1. The second-order valence-electron chi connectivity index (χ2n) is 4.49. The van der Waals surface area contributed by atoms with Gasteiger partial charge in [0.25, 0.3) is 0 Å². The predicted octanol–water partition coefficient (Wildman–Crippen LogP) is 2.13. The minimum absolute atomic E-state index is 0.0264. The molecule has 0 amide bonds. The average Bonchev–Trinajstić information content (AvgIpc) is 2.80. The zero-order chi connectivity index (χ0) is 12.4. The number of nitrogens with zero attached hydrogens (tertiary/aromatic N) is 1. The average molecular weight is 239 g/mol. The predicted molar refractivity (Wildman–Crippen MR) is 52.1 cm³/mol. The number of carbonyl (C=O) groups is 1. The Morgan fingerprint density at radius 2 is 2.00 bits per heavy atom. The Hall–Kier alpha value is -0.780. The molecule has 16 heavy (non-hydrogen) atoms. The first kappa shape index (κ1) is 13.3. The Kier molecular flexibility index (Phi) is 3.83. The third-order valence-electron chi connectivity index (χ3n) is 2.89. The van der Waals surface area contributed by atoms with Gasteiger partial charge in [0.2, 0.25) is 0 Å². The third kappa shape index (κ3) is 4.38. The fourth-order valence-corrected chi connectivity index (χ4v) is 1.90. The van der Waals surface area contributed by atoms with Gasteiger partial charge in [-0.3, -0.25) is 9.69 Å². The van der Waals surface area contributed by atoms with Crippen molar-refractivity contribution in [2.75, 3.05) is 19.6 Å². The molecule has 0 aromatic rings. The molecule has 0 saturated heterocycles. The van der Waals surface area contributed by atoms with Crippen LogP contribution in [0.15, 0.2) is 0 Å². The Balaban J connectivity index is 2.47. The molecule has 0 atom stereocenters. The fourth-order valence-electron chi connectivity index (χ4n) is 1.90. The number of hydrogen-bond acceptors (Lipinski definition) is 2. The largest absolute Gasteiger partial charge is 0.481 e. The first-order valence-corrected chi connectivity index (χ1v) is 5.27. The molecule has 0 unspecified atom stereocenters. The molecule has 6 heteroatoms. The highest BCUT2D eigenvalue weighted by Crippen LogP contribution is 2.49. The second-order valence-corrected chi connectivity index (χ2v) is 4.49. The number of aliphatic carboxylic acids is 1. The lowest BCUT2D eigenvalue weighted by Crippen LogP contribution is -2.38. The molecule has 0 aliphatic heterocycles. The summed E-state index contributed by atoms with van der Waals surface area (Å²) in [4.78, 5) is 11.8. The van der Waals surface area contributed by atoms with Gasteiger partial charge in [0.05, 0.1) is 13.0 Å². The highest BCUT2D eigenvalue weighted by atomic mass is 19.4. The summed E-state index contributed by atoms with van der Waals surface area (Å²) in [6, 6.07) is 0. The van der Waals surface area contributed by atoms with Gasteiger partial charge in [0.1, 0.15) is 0 Å². The van der Waals surface area contributed by atoms with E-state index in [9.17, 15) is 18.0 Å². The van der Waals surface area contributed by atoms with E-state index in [4.69, 9.17) is 5.11 Å². The van der Waals surface area contributed by atoms with Crippen LogP contribution in [0.25, 0.3) is 0 Å². The number of halogens is 3. The van der Waals surface area contributed by atoms with Crippen molar-refractivity contribution in [1.82, 2.24) is 4.90 Å². The van der Waals surface area contributed by atoms with Gasteiger partial charge in [0, 0.05) is 6.54 Å². The van der Waals surface area contributed by atoms with E-state index in [0.717, 1.165) is 0 Å². The molecular formula is C10H16F3NO2. The van der Waals surface area contributed by atoms with E-state index in [2.05, 4.69) is 0 Å². The molecule has 1 N–H and O–H groups in total. The first-order valence-electron chi connectivity index (χ1n) is 5.27. The molecular weight excluding hydrogens is 223 g/mol. The van der Waals surface area contributed by atoms with Crippen LogP contribution in [0.5, 0.6) is 0 Å². The van der Waals surface area contributed by atoms with Crippen molar-refractivity contribution in [3.63, 3.8) is 0 Å². The molecule has 1 aliphatic rings. The van der Waals surface area contributed by atoms with Gasteiger partial charge in [-0.15, -0.1) is 0 Å². The monoisotopic (exact) mass is 239 g/mol. The number of rotatable bonds is 6. The zero-order valence-electron chi connectivity index (χ0n) is 9.18. The fraction of sp³-hybridized carbons (Fsp3) is 0.900. The molecule has 3 nitrogen and oxygen atoms in total. The van der Waals surface area contributed by atoms with Gasteiger partial charge < -0.3 is 5.11 Å². The molecule has 0 radical (unpaired) electrons. The topological polar surface area (TPSA) is 40.5 Å². The molecule has 0 aromatic heterocycles. The van der Waals surface area contributed by atoms with Crippen LogP contribution >= 0.6 is 0 Å². The summed E-state index contributed by atoms with van der Waals surface area (Å²) >= 11 is 0. The van der Waals surface area contributed by atoms with Crippen LogP contribution in [-0.2, 0) is 4.79 Å². The van der Waals surface area contributed by atoms with E-state index in [1.54, 1.807) is 6.92 Å². The van der Waals surface area contributed by atoms with E-state index in [1.807, 2.05) is 0 Å². The molecule has 1 aliphatic carbocycles. The van der Waals surface area contributed by atoms with Gasteiger partial charge in [-0.1, -0.05) is 6.92 Å². The van der Waals surface area contributed by atoms with Crippen LogP contribution in [0.2, 0.25) is 0 Å². The quantitative estimate of drug-likeness (QED) is 0.771. The summed E-state index contributed by atoms with van der Waals surface area (Å²) in [5, 5.41) is 8.67. The zero-order valence-corrected chi connectivity index (χ0v) is 9.18. The Morgan fingerprint density at radius 3 is 2.31 bits per heavy atom. The molecule has 1 rings (SSSR count). The van der Waals surface area contributed by atoms with Crippen molar-refractivity contribution in [2.45, 2.75) is 32.4 Å². The minimum atomic E-state index is -4.21. The number of alkyl halides is 3. The van der Waals surface area contributed by atoms with Gasteiger partial charge >= 0.3 is 12.1 Å². The summed E-state index contributed by atoms with van der Waals surface area (Å²) in [6.45, 7) is 1.23. The molecule has 1 fully saturated rings. The highest BCUT2D eigenvalue weighted by Gasteiger charge is 2.46. The smallest absolute Gasteiger partial charge is 0.401 e. The van der Waals surface area contributed by atoms with Crippen LogP contribution in [0.3, 0.4) is 0 Å². The Morgan fingerprint density at radius 1 is 1.44 bits per heavy atom. The SMILES string of the molecule is CCN(CC(F)(F)F)CC1(CC(=O)O)CC1. The van der Waals surface area contributed by atoms with Crippen molar-refractivity contribution < 1.29 is 23.1 Å². The molecule has 0 heterocycles. The Bertz CT molecular complexity index is 261. The van der Waals surface area contributed by atoms with Crippen LogP contribution in [-0.4, -0.2) is 41.8 Å². The van der Waals surface area contributed by atoms with Crippen molar-refractivity contribution >= 4 is 5.97 Å². The van der Waals surface area contributed by atoms with Crippen LogP contribution in [0.1, 0.15) is 26.2 Å². The van der Waals surface area contributed by atoms with E-state index in [0.29, 0.717) is 19.4 Å². The maximum absolute atomic E-state index is 12.2. The van der Waals surface area contributed by atoms with Gasteiger partial charge in [0.15, 0.2) is 0 Å². The standard InChI is InChI=1S/C10H16F3NO2/c1-2-14(7-10(11,12)13)6-9(3-4-9)5-8(15)16/h2-7H2,1H3,(H,15,16). The van der Waals surface area contributed by atoms with Crippen LogP contribution in [0.4, 0.5) is 13.2 Å². The highest BCUT2D eigenvalue weighted by molar-refractivity contribution is 5.68. The maximum atomic E-state index is 12.2. The van der Waals surface area contributed by atoms with Crippen molar-refractivity contribution in [3.05, 3.63) is 0 Å². The normalized spacial score (nSPS) is 18.8. The van der Waals surface area contributed by atoms with Crippen molar-refractivity contribution in [1.29, 1.82) is 0 Å². The molecule has 94 valence electrons.